The number of ether oxygens (including phenoxy) is 2. The zero-order valence-corrected chi connectivity index (χ0v) is 17.4. The van der Waals surface area contributed by atoms with Crippen molar-refractivity contribution in [1.29, 1.82) is 0 Å². The van der Waals surface area contributed by atoms with Crippen LogP contribution < -0.4 is 0 Å². The first-order valence-corrected chi connectivity index (χ1v) is 9.98. The van der Waals surface area contributed by atoms with Crippen LogP contribution in [0.3, 0.4) is 0 Å². The van der Waals surface area contributed by atoms with Gasteiger partial charge in [-0.3, -0.25) is 4.99 Å². The standard InChI is InChI=1S/C21H24ClN3O5/c1-10(23-2)13-6-7-25(20(13)24-3)21-17(28)16(27)19(30-21)18-14-5-4-12(22)8-11(14)9-15(26)29-18/h4-8,15-19,21,26-28H,3,9H2,1-2H3/b23-10-/t15?,16-,17+,18+,19-,21+/m0/s1. The van der Waals surface area contributed by atoms with E-state index in [4.69, 9.17) is 21.1 Å². The van der Waals surface area contributed by atoms with Crippen molar-refractivity contribution in [1.82, 2.24) is 4.57 Å². The molecule has 1 fully saturated rings. The number of aliphatic hydroxyl groups is 3. The molecule has 1 unspecified atom stereocenters. The van der Waals surface area contributed by atoms with Gasteiger partial charge in [-0.1, -0.05) is 17.7 Å². The maximum atomic E-state index is 10.8. The molecule has 1 aromatic heterocycles. The summed E-state index contributed by atoms with van der Waals surface area (Å²) in [5, 5.41) is 32.3. The van der Waals surface area contributed by atoms with Gasteiger partial charge in [-0.25, -0.2) is 4.99 Å². The number of aliphatic imine (C=N–C) groups is 2. The van der Waals surface area contributed by atoms with Crippen molar-refractivity contribution >= 4 is 29.8 Å². The number of nitrogens with zero attached hydrogens (tertiary/aromatic N) is 3. The Bertz CT molecular complexity index is 991. The number of benzene rings is 1. The van der Waals surface area contributed by atoms with Crippen LogP contribution in [0, 0.1) is 0 Å². The van der Waals surface area contributed by atoms with E-state index in [0.717, 1.165) is 22.4 Å². The average Bonchev–Trinajstić information content (AvgIpc) is 3.27. The molecule has 160 valence electrons. The lowest BCUT2D eigenvalue weighted by Crippen LogP contribution is -2.39. The van der Waals surface area contributed by atoms with Crippen LogP contribution in [0.2, 0.25) is 5.02 Å². The van der Waals surface area contributed by atoms with E-state index in [-0.39, 0.29) is 6.42 Å². The molecule has 1 saturated heterocycles. The van der Waals surface area contributed by atoms with Crippen LogP contribution in [0.25, 0.3) is 0 Å². The van der Waals surface area contributed by atoms with Crippen molar-refractivity contribution in [3.8, 4) is 0 Å². The molecule has 3 N–H and O–H groups in total. The fourth-order valence-electron chi connectivity index (χ4n) is 4.14. The van der Waals surface area contributed by atoms with Gasteiger partial charge in [0.05, 0.1) is 0 Å². The summed E-state index contributed by atoms with van der Waals surface area (Å²) in [5.41, 5.74) is 3.08. The largest absolute Gasteiger partial charge is 0.387 e. The van der Waals surface area contributed by atoms with Gasteiger partial charge >= 0.3 is 0 Å². The molecule has 0 amide bonds. The minimum absolute atomic E-state index is 0.280. The minimum atomic E-state index is -1.25. The third kappa shape index (κ3) is 3.49. The highest BCUT2D eigenvalue weighted by Crippen LogP contribution is 2.43. The van der Waals surface area contributed by atoms with E-state index in [1.54, 1.807) is 42.1 Å². The Balaban J connectivity index is 1.69. The van der Waals surface area contributed by atoms with E-state index < -0.39 is 36.9 Å². The smallest absolute Gasteiger partial charge is 0.164 e. The number of hydrogen-bond acceptors (Lipinski definition) is 7. The second-order valence-electron chi connectivity index (χ2n) is 7.46. The summed E-state index contributed by atoms with van der Waals surface area (Å²) < 4.78 is 13.4. The van der Waals surface area contributed by atoms with Crippen LogP contribution in [0.15, 0.2) is 40.4 Å². The summed E-state index contributed by atoms with van der Waals surface area (Å²) in [5.74, 6) is 0.478. The van der Waals surface area contributed by atoms with Gasteiger partial charge < -0.3 is 29.4 Å². The summed E-state index contributed by atoms with van der Waals surface area (Å²) in [4.78, 5) is 8.25. The molecule has 0 bridgehead atoms. The first-order chi connectivity index (χ1) is 14.3. The van der Waals surface area contributed by atoms with Crippen LogP contribution in [0.5, 0.6) is 0 Å². The van der Waals surface area contributed by atoms with Crippen molar-refractivity contribution in [3.63, 3.8) is 0 Å². The Morgan fingerprint density at radius 3 is 2.67 bits per heavy atom. The van der Waals surface area contributed by atoms with E-state index in [2.05, 4.69) is 16.7 Å². The maximum absolute atomic E-state index is 10.8. The van der Waals surface area contributed by atoms with Crippen LogP contribution in [0.1, 0.15) is 35.9 Å². The van der Waals surface area contributed by atoms with Crippen molar-refractivity contribution in [2.75, 3.05) is 7.05 Å². The van der Waals surface area contributed by atoms with Gasteiger partial charge in [0.1, 0.15) is 30.2 Å². The van der Waals surface area contributed by atoms with Gasteiger partial charge in [0.25, 0.3) is 0 Å². The minimum Gasteiger partial charge on any atom is -0.387 e. The summed E-state index contributed by atoms with van der Waals surface area (Å²) in [6.45, 7) is 5.46. The monoisotopic (exact) mass is 433 g/mol. The van der Waals surface area contributed by atoms with Gasteiger partial charge in [0.2, 0.25) is 0 Å². The van der Waals surface area contributed by atoms with Crippen LogP contribution >= 0.6 is 11.6 Å². The molecule has 30 heavy (non-hydrogen) atoms. The normalized spacial score (nSPS) is 31.6. The van der Waals surface area contributed by atoms with E-state index in [1.165, 1.54) is 0 Å². The number of aliphatic hydroxyl groups excluding tert-OH is 3. The lowest BCUT2D eigenvalue weighted by Gasteiger charge is -2.34. The van der Waals surface area contributed by atoms with Crippen molar-refractivity contribution in [3.05, 3.63) is 52.2 Å². The fourth-order valence-corrected chi connectivity index (χ4v) is 4.34. The molecule has 0 aliphatic carbocycles. The Morgan fingerprint density at radius 1 is 1.20 bits per heavy atom. The molecule has 0 saturated carbocycles. The molecule has 8 nitrogen and oxygen atoms in total. The highest BCUT2D eigenvalue weighted by molar-refractivity contribution is 6.30. The number of halogens is 1. The molecule has 0 spiro atoms. The predicted octanol–water partition coefficient (Wildman–Crippen LogP) is 2.16. The summed E-state index contributed by atoms with van der Waals surface area (Å²) in [6.07, 6.45) is -4.17. The van der Waals surface area contributed by atoms with Crippen LogP contribution in [-0.4, -0.2) is 64.0 Å². The van der Waals surface area contributed by atoms with E-state index in [9.17, 15) is 15.3 Å². The lowest BCUT2D eigenvalue weighted by molar-refractivity contribution is -0.195. The van der Waals surface area contributed by atoms with E-state index in [0.29, 0.717) is 10.8 Å². The molecule has 9 heteroatoms. The lowest BCUT2D eigenvalue weighted by atomic mass is 9.91. The molecule has 6 atom stereocenters. The third-order valence-corrected chi connectivity index (χ3v) is 5.95. The number of hydrogen-bond donors (Lipinski definition) is 3. The van der Waals surface area contributed by atoms with Crippen molar-refractivity contribution in [2.45, 2.75) is 50.3 Å². The molecule has 0 radical (unpaired) electrons. The third-order valence-electron chi connectivity index (χ3n) is 5.72. The molecule has 4 rings (SSSR count). The molecule has 3 heterocycles. The van der Waals surface area contributed by atoms with Gasteiger partial charge in [-0.05, 0) is 43.0 Å². The van der Waals surface area contributed by atoms with Crippen molar-refractivity contribution < 1.29 is 24.8 Å². The molecular weight excluding hydrogens is 410 g/mol. The predicted molar refractivity (Wildman–Crippen MR) is 113 cm³/mol. The number of rotatable bonds is 4. The van der Waals surface area contributed by atoms with E-state index >= 15 is 0 Å². The fraction of sp³-hybridized carbons (Fsp3) is 0.429. The van der Waals surface area contributed by atoms with Gasteiger partial charge in [-0.2, -0.15) is 0 Å². The first-order valence-electron chi connectivity index (χ1n) is 9.60. The highest BCUT2D eigenvalue weighted by atomic mass is 35.5. The van der Waals surface area contributed by atoms with Crippen LogP contribution in [0.4, 0.5) is 5.82 Å². The molecular formula is C21H24ClN3O5. The maximum Gasteiger partial charge on any atom is 0.164 e. The SMILES string of the molecule is C=Nc1c(/C(C)=N\C)ccn1[C@@H]1O[C@H]([C@@H]2OC(O)Cc3cc(Cl)ccc32)[C@@H](O)[C@H]1O. The second-order valence-corrected chi connectivity index (χ2v) is 7.89. The number of aromatic nitrogens is 1. The van der Waals surface area contributed by atoms with Gasteiger partial charge in [0.15, 0.2) is 12.5 Å². The molecule has 2 aliphatic rings. The summed E-state index contributed by atoms with van der Waals surface area (Å²) in [6, 6.07) is 7.07. The topological polar surface area (TPSA) is 109 Å². The second kappa shape index (κ2) is 8.22. The Labute approximate surface area is 179 Å². The quantitative estimate of drug-likeness (QED) is 0.640. The Hall–Kier alpha value is -2.07. The van der Waals surface area contributed by atoms with Gasteiger partial charge in [-0.15, -0.1) is 0 Å². The average molecular weight is 434 g/mol. The molecule has 2 aliphatic heterocycles. The summed E-state index contributed by atoms with van der Waals surface area (Å²) in [7, 11) is 1.68. The van der Waals surface area contributed by atoms with E-state index in [1.807, 2.05) is 6.92 Å². The zero-order valence-electron chi connectivity index (χ0n) is 16.6. The highest BCUT2D eigenvalue weighted by Gasteiger charge is 2.50. The van der Waals surface area contributed by atoms with Crippen LogP contribution in [-0.2, 0) is 15.9 Å². The first kappa shape index (κ1) is 21.2. The van der Waals surface area contributed by atoms with Crippen molar-refractivity contribution in [2.24, 2.45) is 9.98 Å². The Kier molecular flexibility index (Phi) is 5.80. The van der Waals surface area contributed by atoms with Gasteiger partial charge in [0, 0.05) is 36.0 Å². The summed E-state index contributed by atoms with van der Waals surface area (Å²) >= 11 is 6.09. The zero-order chi connectivity index (χ0) is 21.6. The molecule has 2 aromatic rings. The molecule has 1 aromatic carbocycles. The number of fused-ring (bicyclic) bond motifs is 1. The Morgan fingerprint density at radius 2 is 1.97 bits per heavy atom.